The molecule has 2 rings (SSSR count). The Morgan fingerprint density at radius 1 is 1.20 bits per heavy atom. The van der Waals surface area contributed by atoms with Gasteiger partial charge in [0.15, 0.2) is 6.29 Å². The Labute approximate surface area is 123 Å². The molecule has 0 amide bonds. The highest BCUT2D eigenvalue weighted by atomic mass is 16.6. The summed E-state index contributed by atoms with van der Waals surface area (Å²) in [7, 11) is 0. The van der Waals surface area contributed by atoms with Crippen LogP contribution in [-0.4, -0.2) is 28.7 Å². The number of allylic oxidation sites excluding steroid dienone is 1. The van der Waals surface area contributed by atoms with Gasteiger partial charge in [0, 0.05) is 18.8 Å². The molecule has 0 aromatic carbocycles. The summed E-state index contributed by atoms with van der Waals surface area (Å²) in [6, 6.07) is 0. The molecule has 1 aliphatic carbocycles. The van der Waals surface area contributed by atoms with E-state index >= 15 is 0 Å². The van der Waals surface area contributed by atoms with Crippen LogP contribution in [0.2, 0.25) is 0 Å². The first kappa shape index (κ1) is 16.0. The third-order valence-corrected chi connectivity index (χ3v) is 4.89. The zero-order chi connectivity index (χ0) is 14.8. The lowest BCUT2D eigenvalue weighted by Gasteiger charge is -2.23. The maximum absolute atomic E-state index is 10.2. The van der Waals surface area contributed by atoms with Gasteiger partial charge in [0.25, 0.3) is 0 Å². The van der Waals surface area contributed by atoms with E-state index in [-0.39, 0.29) is 29.5 Å². The highest BCUT2D eigenvalue weighted by Gasteiger charge is 2.47. The molecule has 2 N–H and O–H groups in total. The predicted molar refractivity (Wildman–Crippen MR) is 80.2 cm³/mol. The fraction of sp³-hybridized carbons (Fsp3) is 0.882. The van der Waals surface area contributed by atoms with E-state index in [1.165, 1.54) is 25.7 Å². The lowest BCUT2D eigenvalue weighted by Crippen LogP contribution is -2.19. The summed E-state index contributed by atoms with van der Waals surface area (Å²) < 4.78 is 5.46. The Hall–Kier alpha value is -0.380. The van der Waals surface area contributed by atoms with E-state index in [1.54, 1.807) is 0 Å². The molecule has 0 radical (unpaired) electrons. The standard InChI is InChI=1S/C17H30O3/c1-4-5-6-8-17(2,3)9-7-12-13-10-16(19)20-15(13)11-14(12)18/h7,9,12-16,18-19H,4-6,8,10-11H2,1-3H3/b9-7+/t12-,13?,14-,15+,16?/m1/s1. The van der Waals surface area contributed by atoms with Crippen LogP contribution in [0.4, 0.5) is 0 Å². The highest BCUT2D eigenvalue weighted by molar-refractivity contribution is 5.07. The summed E-state index contributed by atoms with van der Waals surface area (Å²) in [4.78, 5) is 0. The van der Waals surface area contributed by atoms with Crippen molar-refractivity contribution in [1.29, 1.82) is 0 Å². The first-order chi connectivity index (χ1) is 9.43. The summed E-state index contributed by atoms with van der Waals surface area (Å²) in [6.07, 6.45) is 9.84. The summed E-state index contributed by atoms with van der Waals surface area (Å²) in [5.74, 6) is 0.422. The van der Waals surface area contributed by atoms with Gasteiger partial charge in [-0.15, -0.1) is 0 Å². The van der Waals surface area contributed by atoms with Crippen molar-refractivity contribution >= 4 is 0 Å². The van der Waals surface area contributed by atoms with Gasteiger partial charge in [0.1, 0.15) is 0 Å². The molecule has 2 unspecified atom stereocenters. The second kappa shape index (κ2) is 6.59. The van der Waals surface area contributed by atoms with Crippen LogP contribution in [0, 0.1) is 17.3 Å². The van der Waals surface area contributed by atoms with E-state index in [9.17, 15) is 10.2 Å². The number of unbranched alkanes of at least 4 members (excludes halogenated alkanes) is 2. The van der Waals surface area contributed by atoms with Crippen molar-refractivity contribution in [3.8, 4) is 0 Å². The normalized spacial score (nSPS) is 37.8. The predicted octanol–water partition coefficient (Wildman–Crippen LogP) is 3.25. The van der Waals surface area contributed by atoms with Gasteiger partial charge in [0.05, 0.1) is 12.2 Å². The molecular formula is C17H30O3. The third-order valence-electron chi connectivity index (χ3n) is 4.89. The number of ether oxygens (including phenoxy) is 1. The zero-order valence-corrected chi connectivity index (χ0v) is 13.1. The van der Waals surface area contributed by atoms with E-state index in [4.69, 9.17) is 4.74 Å². The van der Waals surface area contributed by atoms with Crippen molar-refractivity contribution in [2.24, 2.45) is 17.3 Å². The van der Waals surface area contributed by atoms with Crippen LogP contribution in [0.3, 0.4) is 0 Å². The monoisotopic (exact) mass is 282 g/mol. The second-order valence-electron chi connectivity index (χ2n) is 7.21. The van der Waals surface area contributed by atoms with Crippen LogP contribution >= 0.6 is 0 Å². The van der Waals surface area contributed by atoms with E-state index in [0.717, 1.165) is 0 Å². The lowest BCUT2D eigenvalue weighted by atomic mass is 9.83. The molecule has 0 spiro atoms. The lowest BCUT2D eigenvalue weighted by molar-refractivity contribution is -0.0949. The molecule has 1 heterocycles. The smallest absolute Gasteiger partial charge is 0.155 e. The average molecular weight is 282 g/mol. The third kappa shape index (κ3) is 3.84. The Bertz CT molecular complexity index is 337. The summed E-state index contributed by atoms with van der Waals surface area (Å²) in [5.41, 5.74) is 0.186. The molecule has 1 saturated carbocycles. The Kier molecular flexibility index (Phi) is 5.27. The number of rotatable bonds is 6. The van der Waals surface area contributed by atoms with Gasteiger partial charge >= 0.3 is 0 Å². The molecule has 0 aromatic rings. The minimum absolute atomic E-state index is 0.0397. The minimum Gasteiger partial charge on any atom is -0.392 e. The highest BCUT2D eigenvalue weighted by Crippen LogP contribution is 2.44. The molecule has 20 heavy (non-hydrogen) atoms. The SMILES string of the molecule is CCCCCC(C)(C)/C=C/[C@@H]1C2CC(O)O[C@H]2C[C@H]1O. The topological polar surface area (TPSA) is 49.7 Å². The molecule has 5 atom stereocenters. The van der Waals surface area contributed by atoms with E-state index in [1.807, 2.05) is 0 Å². The molecule has 0 bridgehead atoms. The van der Waals surface area contributed by atoms with Crippen LogP contribution in [0.25, 0.3) is 0 Å². The fourth-order valence-electron chi connectivity index (χ4n) is 3.62. The van der Waals surface area contributed by atoms with Gasteiger partial charge in [-0.05, 0) is 17.8 Å². The zero-order valence-electron chi connectivity index (χ0n) is 13.1. The minimum atomic E-state index is -0.633. The number of fused-ring (bicyclic) bond motifs is 1. The first-order valence-electron chi connectivity index (χ1n) is 8.14. The Balaban J connectivity index is 1.92. The van der Waals surface area contributed by atoms with Crippen molar-refractivity contribution in [3.05, 3.63) is 12.2 Å². The molecule has 1 aliphatic heterocycles. The average Bonchev–Trinajstić information content (AvgIpc) is 2.82. The summed E-state index contributed by atoms with van der Waals surface area (Å²) in [5, 5.41) is 19.8. The fourth-order valence-corrected chi connectivity index (χ4v) is 3.62. The molecule has 2 aliphatic rings. The molecule has 3 nitrogen and oxygen atoms in total. The summed E-state index contributed by atoms with van der Waals surface area (Å²) >= 11 is 0. The van der Waals surface area contributed by atoms with Gasteiger partial charge in [-0.1, -0.05) is 52.2 Å². The van der Waals surface area contributed by atoms with Gasteiger partial charge in [-0.25, -0.2) is 0 Å². The number of aliphatic hydroxyl groups excluding tert-OH is 2. The molecule has 2 fully saturated rings. The maximum Gasteiger partial charge on any atom is 0.155 e. The largest absolute Gasteiger partial charge is 0.392 e. The van der Waals surface area contributed by atoms with E-state index in [2.05, 4.69) is 32.9 Å². The van der Waals surface area contributed by atoms with E-state index in [0.29, 0.717) is 12.8 Å². The molecule has 116 valence electrons. The van der Waals surface area contributed by atoms with E-state index < -0.39 is 6.29 Å². The van der Waals surface area contributed by atoms with Crippen molar-refractivity contribution in [1.82, 2.24) is 0 Å². The number of hydrogen-bond donors (Lipinski definition) is 2. The Morgan fingerprint density at radius 2 is 1.95 bits per heavy atom. The number of hydrogen-bond acceptors (Lipinski definition) is 3. The second-order valence-corrected chi connectivity index (χ2v) is 7.21. The van der Waals surface area contributed by atoms with Crippen molar-refractivity contribution in [3.63, 3.8) is 0 Å². The van der Waals surface area contributed by atoms with Gasteiger partial charge in [-0.2, -0.15) is 0 Å². The molecule has 1 saturated heterocycles. The van der Waals surface area contributed by atoms with Crippen LogP contribution in [0.15, 0.2) is 12.2 Å². The van der Waals surface area contributed by atoms with Crippen LogP contribution < -0.4 is 0 Å². The molecular weight excluding hydrogens is 252 g/mol. The van der Waals surface area contributed by atoms with Crippen LogP contribution in [0.1, 0.15) is 59.3 Å². The quantitative estimate of drug-likeness (QED) is 0.581. The van der Waals surface area contributed by atoms with Crippen LogP contribution in [-0.2, 0) is 4.74 Å². The Morgan fingerprint density at radius 3 is 2.65 bits per heavy atom. The van der Waals surface area contributed by atoms with Gasteiger partial charge in [0.2, 0.25) is 0 Å². The molecule has 0 aromatic heterocycles. The summed E-state index contributed by atoms with van der Waals surface area (Å²) in [6.45, 7) is 6.75. The molecule has 3 heteroatoms. The van der Waals surface area contributed by atoms with Crippen LogP contribution in [0.5, 0.6) is 0 Å². The van der Waals surface area contributed by atoms with Crippen molar-refractivity contribution < 1.29 is 14.9 Å². The van der Waals surface area contributed by atoms with Gasteiger partial charge in [-0.3, -0.25) is 0 Å². The number of aliphatic hydroxyl groups is 2. The first-order valence-corrected chi connectivity index (χ1v) is 8.14. The van der Waals surface area contributed by atoms with Gasteiger partial charge < -0.3 is 14.9 Å². The van der Waals surface area contributed by atoms with Crippen molar-refractivity contribution in [2.45, 2.75) is 77.8 Å². The maximum atomic E-state index is 10.2. The van der Waals surface area contributed by atoms with Crippen molar-refractivity contribution in [2.75, 3.05) is 0 Å².